The van der Waals surface area contributed by atoms with Gasteiger partial charge in [-0.3, -0.25) is 14.6 Å². The third kappa shape index (κ3) is 2.70. The van der Waals surface area contributed by atoms with E-state index >= 15 is 0 Å². The van der Waals surface area contributed by atoms with Crippen molar-refractivity contribution in [3.05, 3.63) is 35.4 Å². The second-order valence-corrected chi connectivity index (χ2v) is 6.71. The lowest BCUT2D eigenvalue weighted by atomic mass is 9.96. The number of likely N-dealkylation sites (N-methyl/N-ethyl adjacent to an activating group) is 1. The Hall–Kier alpha value is -1.92. The molecule has 1 aromatic rings. The minimum Gasteiger partial charge on any atom is -0.383 e. The molecule has 0 saturated carbocycles. The average Bonchev–Trinajstić information content (AvgIpc) is 3.06. The highest BCUT2D eigenvalue weighted by atomic mass is 16.5. The number of ether oxygens (including phenoxy) is 1. The number of methoxy groups -OCH3 is 1. The fourth-order valence-corrected chi connectivity index (χ4v) is 3.80. The van der Waals surface area contributed by atoms with Gasteiger partial charge in [0.05, 0.1) is 6.61 Å². The highest BCUT2D eigenvalue weighted by Crippen LogP contribution is 2.36. The third-order valence-corrected chi connectivity index (χ3v) is 5.24. The number of hydrogen-bond acceptors (Lipinski definition) is 4. The predicted molar refractivity (Wildman–Crippen MR) is 90.6 cm³/mol. The van der Waals surface area contributed by atoms with Gasteiger partial charge in [-0.2, -0.15) is 0 Å². The Labute approximate surface area is 143 Å². The first-order valence-corrected chi connectivity index (χ1v) is 8.35. The first-order valence-electron chi connectivity index (χ1n) is 8.35. The Balaban J connectivity index is 1.79. The van der Waals surface area contributed by atoms with Gasteiger partial charge in [-0.05, 0) is 24.5 Å². The van der Waals surface area contributed by atoms with Crippen LogP contribution in [0, 0.1) is 6.92 Å². The molecule has 2 aliphatic heterocycles. The molecule has 6 heteroatoms. The molecule has 2 saturated heterocycles. The van der Waals surface area contributed by atoms with E-state index < -0.39 is 5.54 Å². The molecule has 0 aromatic heterocycles. The molecular weight excluding hydrogens is 306 g/mol. The Morgan fingerprint density at radius 3 is 2.71 bits per heavy atom. The zero-order valence-electron chi connectivity index (χ0n) is 14.6. The SMILES string of the molecule is COCCN1C(=O)N(C)C(=O)C12CCN(Cc1ccccc1C)C2. The van der Waals surface area contributed by atoms with E-state index in [4.69, 9.17) is 4.74 Å². The van der Waals surface area contributed by atoms with Crippen LogP contribution in [-0.2, 0) is 16.1 Å². The minimum absolute atomic E-state index is 0.0871. The highest BCUT2D eigenvalue weighted by molar-refractivity contribution is 6.07. The van der Waals surface area contributed by atoms with Crippen molar-refractivity contribution < 1.29 is 14.3 Å². The molecule has 6 nitrogen and oxygen atoms in total. The van der Waals surface area contributed by atoms with E-state index in [1.54, 1.807) is 19.1 Å². The second-order valence-electron chi connectivity index (χ2n) is 6.71. The van der Waals surface area contributed by atoms with Crippen molar-refractivity contribution in [1.29, 1.82) is 0 Å². The zero-order chi connectivity index (χ0) is 17.3. The van der Waals surface area contributed by atoms with Crippen molar-refractivity contribution in [3.63, 3.8) is 0 Å². The van der Waals surface area contributed by atoms with Gasteiger partial charge in [-0.15, -0.1) is 0 Å². The van der Waals surface area contributed by atoms with Gasteiger partial charge >= 0.3 is 6.03 Å². The van der Waals surface area contributed by atoms with Gasteiger partial charge in [0.25, 0.3) is 5.91 Å². The summed E-state index contributed by atoms with van der Waals surface area (Å²) < 4.78 is 5.13. The van der Waals surface area contributed by atoms with Gasteiger partial charge < -0.3 is 9.64 Å². The summed E-state index contributed by atoms with van der Waals surface area (Å²) in [5.74, 6) is -0.0871. The lowest BCUT2D eigenvalue weighted by Gasteiger charge is -2.31. The van der Waals surface area contributed by atoms with Crippen LogP contribution < -0.4 is 0 Å². The largest absolute Gasteiger partial charge is 0.383 e. The number of rotatable bonds is 5. The second kappa shape index (κ2) is 6.53. The number of aryl methyl sites for hydroxylation is 1. The first-order chi connectivity index (χ1) is 11.5. The highest BCUT2D eigenvalue weighted by Gasteiger charge is 2.58. The quantitative estimate of drug-likeness (QED) is 0.767. The van der Waals surface area contributed by atoms with Crippen LogP contribution in [0.5, 0.6) is 0 Å². The fraction of sp³-hybridized carbons (Fsp3) is 0.556. The summed E-state index contributed by atoms with van der Waals surface area (Å²) in [6.07, 6.45) is 0.678. The Bertz CT molecular complexity index is 648. The van der Waals surface area contributed by atoms with Crippen LogP contribution in [0.25, 0.3) is 0 Å². The van der Waals surface area contributed by atoms with Crippen LogP contribution in [0.3, 0.4) is 0 Å². The van der Waals surface area contributed by atoms with E-state index in [0.717, 1.165) is 13.1 Å². The summed E-state index contributed by atoms with van der Waals surface area (Å²) in [7, 11) is 3.18. The van der Waals surface area contributed by atoms with E-state index in [2.05, 4.69) is 24.0 Å². The van der Waals surface area contributed by atoms with E-state index in [9.17, 15) is 9.59 Å². The maximum absolute atomic E-state index is 12.8. The molecular formula is C18H25N3O3. The van der Waals surface area contributed by atoms with Gasteiger partial charge in [0.2, 0.25) is 0 Å². The van der Waals surface area contributed by atoms with Gasteiger partial charge in [-0.25, -0.2) is 4.79 Å². The fourth-order valence-electron chi connectivity index (χ4n) is 3.80. The maximum atomic E-state index is 12.8. The van der Waals surface area contributed by atoms with Crippen molar-refractivity contribution in [2.24, 2.45) is 0 Å². The molecule has 24 heavy (non-hydrogen) atoms. The zero-order valence-corrected chi connectivity index (χ0v) is 14.6. The molecule has 1 unspecified atom stereocenters. The topological polar surface area (TPSA) is 53.1 Å². The van der Waals surface area contributed by atoms with Crippen LogP contribution in [0.4, 0.5) is 4.79 Å². The van der Waals surface area contributed by atoms with Crippen LogP contribution in [0.15, 0.2) is 24.3 Å². The molecule has 0 radical (unpaired) electrons. The Kier molecular flexibility index (Phi) is 4.60. The standard InChI is InChI=1S/C18H25N3O3/c1-14-6-4-5-7-15(14)12-20-9-8-18(13-20)16(22)19(2)17(23)21(18)10-11-24-3/h4-7H,8-13H2,1-3H3. The lowest BCUT2D eigenvalue weighted by Crippen LogP contribution is -2.52. The Morgan fingerprint density at radius 2 is 2.00 bits per heavy atom. The Morgan fingerprint density at radius 1 is 1.25 bits per heavy atom. The first kappa shape index (κ1) is 16.9. The number of benzene rings is 1. The van der Waals surface area contributed by atoms with Crippen molar-refractivity contribution in [2.45, 2.75) is 25.4 Å². The number of carbonyl (C=O) groups excluding carboxylic acids is 2. The van der Waals surface area contributed by atoms with E-state index in [0.29, 0.717) is 26.1 Å². The van der Waals surface area contributed by atoms with Crippen LogP contribution >= 0.6 is 0 Å². The summed E-state index contributed by atoms with van der Waals surface area (Å²) in [5, 5.41) is 0. The van der Waals surface area contributed by atoms with Crippen molar-refractivity contribution in [1.82, 2.24) is 14.7 Å². The molecule has 2 heterocycles. The van der Waals surface area contributed by atoms with Gasteiger partial charge in [-0.1, -0.05) is 24.3 Å². The summed E-state index contributed by atoms with van der Waals surface area (Å²) in [5.41, 5.74) is 1.79. The molecule has 3 amide bonds. The van der Waals surface area contributed by atoms with Gasteiger partial charge in [0.1, 0.15) is 5.54 Å². The predicted octanol–water partition coefficient (Wildman–Crippen LogP) is 1.48. The lowest BCUT2D eigenvalue weighted by molar-refractivity contribution is -0.132. The number of urea groups is 1. The summed E-state index contributed by atoms with van der Waals surface area (Å²) in [6.45, 7) is 5.18. The van der Waals surface area contributed by atoms with Crippen molar-refractivity contribution in [2.75, 3.05) is 40.4 Å². The number of nitrogens with zero attached hydrogens (tertiary/aromatic N) is 3. The van der Waals surface area contributed by atoms with Crippen molar-refractivity contribution >= 4 is 11.9 Å². The van der Waals surface area contributed by atoms with E-state index in [1.807, 2.05) is 12.1 Å². The molecule has 0 N–H and O–H groups in total. The van der Waals surface area contributed by atoms with Gasteiger partial charge in [0.15, 0.2) is 0 Å². The number of imide groups is 1. The molecule has 1 atom stereocenters. The average molecular weight is 331 g/mol. The van der Waals surface area contributed by atoms with Crippen molar-refractivity contribution in [3.8, 4) is 0 Å². The van der Waals surface area contributed by atoms with Crippen LogP contribution in [-0.4, -0.2) is 72.6 Å². The smallest absolute Gasteiger partial charge is 0.327 e. The molecule has 2 aliphatic rings. The molecule has 0 aliphatic carbocycles. The summed E-state index contributed by atoms with van der Waals surface area (Å²) in [4.78, 5) is 30.5. The molecule has 130 valence electrons. The number of carbonyl (C=O) groups is 2. The maximum Gasteiger partial charge on any atom is 0.327 e. The number of amides is 3. The summed E-state index contributed by atoms with van der Waals surface area (Å²) in [6, 6.07) is 8.08. The third-order valence-electron chi connectivity index (χ3n) is 5.24. The monoisotopic (exact) mass is 331 g/mol. The normalized spacial score (nSPS) is 24.6. The minimum atomic E-state index is -0.729. The van der Waals surface area contributed by atoms with E-state index in [-0.39, 0.29) is 11.9 Å². The molecule has 3 rings (SSSR count). The number of hydrogen-bond donors (Lipinski definition) is 0. The molecule has 1 spiro atoms. The van der Waals surface area contributed by atoms with Crippen LogP contribution in [0.2, 0.25) is 0 Å². The van der Waals surface area contributed by atoms with Gasteiger partial charge in [0, 0.05) is 40.3 Å². The molecule has 0 bridgehead atoms. The number of likely N-dealkylation sites (tertiary alicyclic amines) is 1. The molecule has 2 fully saturated rings. The van der Waals surface area contributed by atoms with Crippen LogP contribution in [0.1, 0.15) is 17.5 Å². The van der Waals surface area contributed by atoms with E-state index in [1.165, 1.54) is 16.0 Å². The molecule has 1 aromatic carbocycles. The summed E-state index contributed by atoms with van der Waals surface area (Å²) >= 11 is 0.